The predicted octanol–water partition coefficient (Wildman–Crippen LogP) is 4.04. The topological polar surface area (TPSA) is 59.6 Å². The number of carbonyl (C=O) groups excluding carboxylic acids is 1. The maximum absolute atomic E-state index is 13.4. The summed E-state index contributed by atoms with van der Waals surface area (Å²) in [7, 11) is 1.43. The zero-order valence-electron chi connectivity index (χ0n) is 15.4. The van der Waals surface area contributed by atoms with Crippen molar-refractivity contribution in [2.45, 2.75) is 40.2 Å². The van der Waals surface area contributed by atoms with Crippen LogP contribution in [0.1, 0.15) is 34.6 Å². The third-order valence-electron chi connectivity index (χ3n) is 3.57. The van der Waals surface area contributed by atoms with Gasteiger partial charge >= 0.3 is 6.09 Å². The highest BCUT2D eigenvalue weighted by Gasteiger charge is 2.19. The predicted molar refractivity (Wildman–Crippen MR) is 94.0 cm³/mol. The van der Waals surface area contributed by atoms with E-state index < -0.39 is 17.5 Å². The van der Waals surface area contributed by atoms with Crippen molar-refractivity contribution in [2.24, 2.45) is 11.8 Å². The Kier molecular flexibility index (Phi) is 7.32. The summed E-state index contributed by atoms with van der Waals surface area (Å²) in [6.45, 7) is 10.8. The lowest BCUT2D eigenvalue weighted by molar-refractivity contribution is 0.0516. The Morgan fingerprint density at radius 1 is 1.25 bits per heavy atom. The van der Waals surface area contributed by atoms with Crippen LogP contribution < -0.4 is 15.4 Å². The van der Waals surface area contributed by atoms with Gasteiger partial charge in [-0.3, -0.25) is 0 Å². The molecule has 1 aromatic rings. The van der Waals surface area contributed by atoms with Crippen LogP contribution in [0.4, 0.5) is 14.9 Å². The van der Waals surface area contributed by atoms with E-state index in [2.05, 4.69) is 24.5 Å². The summed E-state index contributed by atoms with van der Waals surface area (Å²) in [4.78, 5) is 11.8. The van der Waals surface area contributed by atoms with Crippen LogP contribution >= 0.6 is 0 Å². The number of hydrogen-bond acceptors (Lipinski definition) is 4. The molecule has 1 amide bonds. The average molecular weight is 340 g/mol. The third kappa shape index (κ3) is 7.06. The minimum Gasteiger partial charge on any atom is -0.494 e. The Labute approximate surface area is 143 Å². The smallest absolute Gasteiger partial charge is 0.407 e. The van der Waals surface area contributed by atoms with E-state index in [9.17, 15) is 9.18 Å². The molecule has 0 aromatic heterocycles. The molecule has 0 radical (unpaired) electrons. The molecule has 1 unspecified atom stereocenters. The van der Waals surface area contributed by atoms with Crippen LogP contribution in [-0.4, -0.2) is 31.9 Å². The molecule has 0 saturated heterocycles. The minimum absolute atomic E-state index is 0.202. The van der Waals surface area contributed by atoms with Gasteiger partial charge < -0.3 is 20.1 Å². The number of nitrogens with one attached hydrogen (secondary N) is 2. The van der Waals surface area contributed by atoms with Gasteiger partial charge in [-0.05, 0) is 44.7 Å². The maximum Gasteiger partial charge on any atom is 0.407 e. The fraction of sp³-hybridized carbons (Fsp3) is 0.611. The molecule has 0 heterocycles. The Morgan fingerprint density at radius 2 is 1.92 bits per heavy atom. The molecule has 0 aliphatic heterocycles. The first-order valence-electron chi connectivity index (χ1n) is 8.16. The van der Waals surface area contributed by atoms with Gasteiger partial charge in [-0.15, -0.1) is 0 Å². The summed E-state index contributed by atoms with van der Waals surface area (Å²) in [5.74, 6) is 0.367. The van der Waals surface area contributed by atoms with Gasteiger partial charge in [0.15, 0.2) is 11.6 Å². The molecule has 0 bridgehead atoms. The average Bonchev–Trinajstić information content (AvgIpc) is 2.46. The molecule has 0 fully saturated rings. The number of alkyl carbamates (subject to hydrolysis) is 1. The summed E-state index contributed by atoms with van der Waals surface area (Å²) < 4.78 is 23.6. The number of ether oxygens (including phenoxy) is 2. The highest BCUT2D eigenvalue weighted by Crippen LogP contribution is 2.22. The van der Waals surface area contributed by atoms with Gasteiger partial charge in [-0.1, -0.05) is 13.8 Å². The summed E-state index contributed by atoms with van der Waals surface area (Å²) in [5, 5.41) is 6.06. The van der Waals surface area contributed by atoms with Gasteiger partial charge in [0, 0.05) is 24.8 Å². The van der Waals surface area contributed by atoms with Crippen LogP contribution in [0.15, 0.2) is 18.2 Å². The molecule has 24 heavy (non-hydrogen) atoms. The Morgan fingerprint density at radius 3 is 2.46 bits per heavy atom. The zero-order valence-corrected chi connectivity index (χ0v) is 15.4. The molecule has 0 aliphatic rings. The van der Waals surface area contributed by atoms with Gasteiger partial charge in [0.25, 0.3) is 0 Å². The molecule has 1 aromatic carbocycles. The normalized spacial score (nSPS) is 12.7. The van der Waals surface area contributed by atoms with Crippen LogP contribution in [0.2, 0.25) is 0 Å². The van der Waals surface area contributed by atoms with E-state index in [-0.39, 0.29) is 11.7 Å². The van der Waals surface area contributed by atoms with Crippen LogP contribution in [0.25, 0.3) is 0 Å². The molecule has 2 N–H and O–H groups in total. The first-order valence-corrected chi connectivity index (χ1v) is 8.16. The molecular weight excluding hydrogens is 311 g/mol. The van der Waals surface area contributed by atoms with E-state index in [4.69, 9.17) is 9.47 Å². The number of hydrogen-bond donors (Lipinski definition) is 2. The molecule has 5 nitrogen and oxygen atoms in total. The van der Waals surface area contributed by atoms with Crippen LogP contribution in [-0.2, 0) is 4.74 Å². The quantitative estimate of drug-likeness (QED) is 0.786. The summed E-state index contributed by atoms with van der Waals surface area (Å²) in [6, 6.07) is 4.65. The second-order valence-electron chi connectivity index (χ2n) is 7.12. The van der Waals surface area contributed by atoms with Crippen molar-refractivity contribution in [3.8, 4) is 5.75 Å². The number of carbonyl (C=O) groups is 1. The van der Waals surface area contributed by atoms with Gasteiger partial charge in [0.05, 0.1) is 7.11 Å². The van der Waals surface area contributed by atoms with Crippen LogP contribution in [0.3, 0.4) is 0 Å². The van der Waals surface area contributed by atoms with Crippen LogP contribution in [0, 0.1) is 17.7 Å². The number of amides is 1. The maximum atomic E-state index is 13.4. The van der Waals surface area contributed by atoms with Gasteiger partial charge in [-0.25, -0.2) is 9.18 Å². The Bertz CT molecular complexity index is 542. The molecule has 0 saturated carbocycles. The van der Waals surface area contributed by atoms with E-state index in [1.165, 1.54) is 13.2 Å². The first kappa shape index (κ1) is 20.1. The van der Waals surface area contributed by atoms with Gasteiger partial charge in [0.2, 0.25) is 0 Å². The van der Waals surface area contributed by atoms with Crippen molar-refractivity contribution in [3.05, 3.63) is 24.0 Å². The van der Waals surface area contributed by atoms with E-state index in [1.807, 2.05) is 20.8 Å². The summed E-state index contributed by atoms with van der Waals surface area (Å²) in [5.41, 5.74) is 0.261. The second kappa shape index (κ2) is 8.76. The molecular formula is C18H29FN2O3. The van der Waals surface area contributed by atoms with Crippen molar-refractivity contribution in [2.75, 3.05) is 25.5 Å². The van der Waals surface area contributed by atoms with Gasteiger partial charge in [-0.2, -0.15) is 0 Å². The second-order valence-corrected chi connectivity index (χ2v) is 7.12. The molecule has 1 atom stereocenters. The molecule has 0 aliphatic carbocycles. The standard InChI is InChI=1S/C18H29FN2O3/c1-12(2)13(11-21-17(22)24-18(3,4)5)10-20-14-7-8-15(19)16(9-14)23-6/h7-9,12-13,20H,10-11H2,1-6H3,(H,21,22). The van der Waals surface area contributed by atoms with E-state index >= 15 is 0 Å². The number of rotatable bonds is 7. The van der Waals surface area contributed by atoms with Gasteiger partial charge in [0.1, 0.15) is 5.60 Å². The van der Waals surface area contributed by atoms with Crippen molar-refractivity contribution < 1.29 is 18.7 Å². The van der Waals surface area contributed by atoms with E-state index in [0.717, 1.165) is 5.69 Å². The fourth-order valence-electron chi connectivity index (χ4n) is 2.09. The zero-order chi connectivity index (χ0) is 18.3. The lowest BCUT2D eigenvalue weighted by atomic mass is 9.95. The van der Waals surface area contributed by atoms with Crippen molar-refractivity contribution in [1.29, 1.82) is 0 Å². The van der Waals surface area contributed by atoms with Crippen molar-refractivity contribution in [1.82, 2.24) is 5.32 Å². The SMILES string of the molecule is COc1cc(NCC(CNC(=O)OC(C)(C)C)C(C)C)ccc1F. The molecule has 1 rings (SSSR count). The number of benzene rings is 1. The van der Waals surface area contributed by atoms with Crippen molar-refractivity contribution in [3.63, 3.8) is 0 Å². The summed E-state index contributed by atoms with van der Waals surface area (Å²) in [6.07, 6.45) is -0.420. The molecule has 6 heteroatoms. The Balaban J connectivity index is 2.56. The van der Waals surface area contributed by atoms with Crippen LogP contribution in [0.5, 0.6) is 5.75 Å². The molecule has 0 spiro atoms. The van der Waals surface area contributed by atoms with E-state index in [1.54, 1.807) is 12.1 Å². The first-order chi connectivity index (χ1) is 11.1. The highest BCUT2D eigenvalue weighted by atomic mass is 19.1. The lowest BCUT2D eigenvalue weighted by Gasteiger charge is -2.24. The summed E-state index contributed by atoms with van der Waals surface area (Å²) >= 11 is 0. The fourth-order valence-corrected chi connectivity index (χ4v) is 2.09. The number of halogens is 1. The lowest BCUT2D eigenvalue weighted by Crippen LogP contribution is -2.38. The Hall–Kier alpha value is -1.98. The number of methoxy groups -OCH3 is 1. The minimum atomic E-state index is -0.514. The highest BCUT2D eigenvalue weighted by molar-refractivity contribution is 5.67. The van der Waals surface area contributed by atoms with E-state index in [0.29, 0.717) is 19.0 Å². The largest absolute Gasteiger partial charge is 0.494 e. The monoisotopic (exact) mass is 340 g/mol. The van der Waals surface area contributed by atoms with Crippen molar-refractivity contribution >= 4 is 11.8 Å². The third-order valence-corrected chi connectivity index (χ3v) is 3.57. The molecule has 136 valence electrons. The number of anilines is 1.